The van der Waals surface area contributed by atoms with Crippen LogP contribution in [0.5, 0.6) is 0 Å². The molecule has 2 atom stereocenters. The molecular formula is C31H41FN8O5. The van der Waals surface area contributed by atoms with Crippen LogP contribution < -0.4 is 10.6 Å². The highest BCUT2D eigenvalue weighted by molar-refractivity contribution is 5.89. The van der Waals surface area contributed by atoms with Crippen molar-refractivity contribution in [2.24, 2.45) is 0 Å². The van der Waals surface area contributed by atoms with Gasteiger partial charge in [0.05, 0.1) is 29.2 Å². The zero-order valence-corrected chi connectivity index (χ0v) is 25.6. The van der Waals surface area contributed by atoms with E-state index in [-0.39, 0.29) is 61.0 Å². The number of methoxy groups -OCH3 is 1. The Morgan fingerprint density at radius 3 is 2.49 bits per heavy atom. The molecule has 0 unspecified atom stereocenters. The summed E-state index contributed by atoms with van der Waals surface area (Å²) in [6, 6.07) is 4.87. The molecule has 7 rings (SSSR count). The van der Waals surface area contributed by atoms with E-state index in [2.05, 4.69) is 25.8 Å². The van der Waals surface area contributed by atoms with Crippen molar-refractivity contribution >= 4 is 23.6 Å². The van der Waals surface area contributed by atoms with Gasteiger partial charge < -0.3 is 25.2 Å². The molecule has 5 aliphatic rings. The molecule has 0 radical (unpaired) electrons. The number of nitrogens with zero attached hydrogens (tertiary/aromatic N) is 6. The van der Waals surface area contributed by atoms with Gasteiger partial charge in [-0.25, -0.2) is 9.07 Å². The maximum absolute atomic E-state index is 13.9. The monoisotopic (exact) mass is 624 g/mol. The Morgan fingerprint density at radius 2 is 1.78 bits per heavy atom. The van der Waals surface area contributed by atoms with Gasteiger partial charge in [-0.05, 0) is 69.3 Å². The molecule has 1 aromatic heterocycles. The zero-order valence-electron chi connectivity index (χ0n) is 25.6. The van der Waals surface area contributed by atoms with Gasteiger partial charge in [-0.2, -0.15) is 0 Å². The average Bonchev–Trinajstić information content (AvgIpc) is 3.71. The average molecular weight is 625 g/mol. The molecule has 1 aromatic carbocycles. The highest BCUT2D eigenvalue weighted by Crippen LogP contribution is 2.31. The number of hydrogen-bond acceptors (Lipinski definition) is 8. The molecule has 0 saturated carbocycles. The van der Waals surface area contributed by atoms with Crippen LogP contribution >= 0.6 is 0 Å². The highest BCUT2D eigenvalue weighted by Gasteiger charge is 2.44. The third-order valence-corrected chi connectivity index (χ3v) is 9.75. The Labute approximate surface area is 261 Å². The lowest BCUT2D eigenvalue weighted by molar-refractivity contribution is -0.141. The van der Waals surface area contributed by atoms with Crippen molar-refractivity contribution in [1.82, 2.24) is 40.3 Å². The van der Waals surface area contributed by atoms with Crippen molar-refractivity contribution in [3.8, 4) is 5.69 Å². The topological polar surface area (TPSA) is 142 Å². The lowest BCUT2D eigenvalue weighted by Gasteiger charge is -2.45. The summed E-state index contributed by atoms with van der Waals surface area (Å²) in [6.45, 7) is 2.65. The van der Waals surface area contributed by atoms with Crippen LogP contribution in [-0.4, -0.2) is 123 Å². The predicted molar refractivity (Wildman–Crippen MR) is 159 cm³/mol. The lowest BCUT2D eigenvalue weighted by atomic mass is 9.83. The number of piperidine rings is 2. The number of halogens is 1. The summed E-state index contributed by atoms with van der Waals surface area (Å²) in [7, 11) is 1.48. The van der Waals surface area contributed by atoms with Crippen LogP contribution in [0.15, 0.2) is 30.5 Å². The molecule has 1 spiro atoms. The molecule has 4 amide bonds. The van der Waals surface area contributed by atoms with E-state index in [4.69, 9.17) is 4.74 Å². The Hall–Kier alpha value is -3.91. The molecule has 5 aliphatic heterocycles. The third-order valence-electron chi connectivity index (χ3n) is 9.75. The van der Waals surface area contributed by atoms with E-state index in [1.165, 1.54) is 23.9 Å². The summed E-state index contributed by atoms with van der Waals surface area (Å²) in [5, 5.41) is 14.6. The molecule has 14 heteroatoms. The van der Waals surface area contributed by atoms with Crippen LogP contribution in [0.4, 0.5) is 4.39 Å². The largest absolute Gasteiger partial charge is 0.375 e. The summed E-state index contributed by atoms with van der Waals surface area (Å²) >= 11 is 0. The molecule has 5 fully saturated rings. The van der Waals surface area contributed by atoms with Crippen molar-refractivity contribution in [2.75, 3.05) is 46.4 Å². The maximum Gasteiger partial charge on any atom is 0.248 e. The second-order valence-corrected chi connectivity index (χ2v) is 12.7. The van der Waals surface area contributed by atoms with Crippen molar-refractivity contribution < 1.29 is 28.3 Å². The van der Waals surface area contributed by atoms with Gasteiger partial charge in [-0.3, -0.25) is 24.1 Å². The molecule has 0 aliphatic carbocycles. The summed E-state index contributed by atoms with van der Waals surface area (Å²) < 4.78 is 20.0. The van der Waals surface area contributed by atoms with E-state index in [0.29, 0.717) is 50.4 Å². The van der Waals surface area contributed by atoms with E-state index in [1.807, 2.05) is 0 Å². The number of carbonyl (C=O) groups excluding carboxylic acids is 4. The minimum absolute atomic E-state index is 0.0206. The normalized spacial score (nSPS) is 24.8. The van der Waals surface area contributed by atoms with E-state index in [9.17, 15) is 23.6 Å². The first-order valence-corrected chi connectivity index (χ1v) is 15.8. The number of amides is 4. The standard InChI is InChI=1S/C31H41FN8O5/c1-45-20-28(42)37-15-10-31(11-16-37)18-27(41)33-25(17-22-19-40(36-35-22)24-6-4-21(32)5-7-24)30(44)38-13-8-23(9-14-38)39-12-2-3-26(39)29(43)34-31/h4-7,19,23,25-26H,2-3,8-18,20H2,1H3,(H,33,41)(H,34,43)/t25-,26+/m1/s1. The van der Waals surface area contributed by atoms with E-state index in [0.717, 1.165) is 32.2 Å². The summed E-state index contributed by atoms with van der Waals surface area (Å²) in [4.78, 5) is 59.9. The third kappa shape index (κ3) is 6.86. The van der Waals surface area contributed by atoms with E-state index < -0.39 is 11.6 Å². The van der Waals surface area contributed by atoms with Crippen LogP contribution in [0.2, 0.25) is 0 Å². The number of carbonyl (C=O) groups is 4. The fraction of sp³-hybridized carbons (Fsp3) is 0.613. The first-order chi connectivity index (χ1) is 21.7. The number of nitrogens with one attached hydrogen (secondary N) is 2. The fourth-order valence-electron chi connectivity index (χ4n) is 7.31. The second kappa shape index (κ2) is 13.2. The van der Waals surface area contributed by atoms with E-state index in [1.54, 1.807) is 28.1 Å². The van der Waals surface area contributed by atoms with Crippen LogP contribution in [0.25, 0.3) is 5.69 Å². The van der Waals surface area contributed by atoms with Crippen molar-refractivity contribution in [2.45, 2.75) is 75.0 Å². The predicted octanol–water partition coefficient (Wildman–Crippen LogP) is 0.417. The van der Waals surface area contributed by atoms with Crippen LogP contribution in [0.3, 0.4) is 0 Å². The van der Waals surface area contributed by atoms with Crippen LogP contribution in [-0.2, 0) is 30.3 Å². The maximum atomic E-state index is 13.9. The van der Waals surface area contributed by atoms with E-state index >= 15 is 0 Å². The van der Waals surface area contributed by atoms with Gasteiger partial charge >= 0.3 is 0 Å². The van der Waals surface area contributed by atoms with Crippen molar-refractivity contribution in [3.05, 3.63) is 42.0 Å². The number of ether oxygens (including phenoxy) is 1. The first kappa shape index (κ1) is 31.1. The molecule has 2 bridgehead atoms. The minimum Gasteiger partial charge on any atom is -0.375 e. The van der Waals surface area contributed by atoms with Gasteiger partial charge in [-0.1, -0.05) is 5.21 Å². The lowest BCUT2D eigenvalue weighted by Crippen LogP contribution is -2.63. The SMILES string of the molecule is COCC(=O)N1CCC2(CC1)CC(=O)N[C@H](Cc1cn(-c3ccc(F)cc3)nn1)C(=O)N1CCC(CC1)N1CCC[C@H]1C(=O)N2. The number of likely N-dealkylation sites (tertiary alicyclic amines) is 1. The molecule has 13 nitrogen and oxygen atoms in total. The summed E-state index contributed by atoms with van der Waals surface area (Å²) in [5.74, 6) is -1.09. The number of aromatic nitrogens is 3. The van der Waals surface area contributed by atoms with Gasteiger partial charge in [-0.15, -0.1) is 5.10 Å². The van der Waals surface area contributed by atoms with Crippen LogP contribution in [0, 0.1) is 5.82 Å². The van der Waals surface area contributed by atoms with Gasteiger partial charge in [0.25, 0.3) is 0 Å². The smallest absolute Gasteiger partial charge is 0.248 e. The fourth-order valence-corrected chi connectivity index (χ4v) is 7.31. The Balaban J connectivity index is 1.25. The molecule has 242 valence electrons. The molecule has 5 saturated heterocycles. The number of benzene rings is 1. The van der Waals surface area contributed by atoms with Gasteiger partial charge in [0.1, 0.15) is 18.5 Å². The Morgan fingerprint density at radius 1 is 1.04 bits per heavy atom. The summed E-state index contributed by atoms with van der Waals surface area (Å²) in [5.41, 5.74) is 0.260. The second-order valence-electron chi connectivity index (χ2n) is 12.7. The van der Waals surface area contributed by atoms with Crippen molar-refractivity contribution in [1.29, 1.82) is 0 Å². The number of fused-ring (bicyclic) bond motifs is 7. The molecular weight excluding hydrogens is 583 g/mol. The molecule has 45 heavy (non-hydrogen) atoms. The van der Waals surface area contributed by atoms with Crippen LogP contribution in [0.1, 0.15) is 50.6 Å². The molecule has 2 aromatic rings. The highest BCUT2D eigenvalue weighted by atomic mass is 19.1. The minimum atomic E-state index is -0.883. The number of hydrogen-bond donors (Lipinski definition) is 2. The number of rotatable bonds is 5. The first-order valence-electron chi connectivity index (χ1n) is 15.8. The molecule has 2 N–H and O–H groups in total. The van der Waals surface area contributed by atoms with Gasteiger partial charge in [0.2, 0.25) is 23.6 Å². The Kier molecular flexibility index (Phi) is 9.13. The molecule has 6 heterocycles. The van der Waals surface area contributed by atoms with Gasteiger partial charge in [0.15, 0.2) is 0 Å². The quantitative estimate of drug-likeness (QED) is 0.488. The Bertz CT molecular complexity index is 1400. The van der Waals surface area contributed by atoms with Crippen molar-refractivity contribution in [3.63, 3.8) is 0 Å². The summed E-state index contributed by atoms with van der Waals surface area (Å²) in [6.07, 6.45) is 5.77. The van der Waals surface area contributed by atoms with Gasteiger partial charge in [0, 0.05) is 52.2 Å². The zero-order chi connectivity index (χ0) is 31.6.